The van der Waals surface area contributed by atoms with Gasteiger partial charge in [0.05, 0.1) is 13.0 Å². The topological polar surface area (TPSA) is 50.4 Å². The highest BCUT2D eigenvalue weighted by atomic mass is 32.1. The van der Waals surface area contributed by atoms with Crippen LogP contribution in [0.4, 0.5) is 0 Å². The van der Waals surface area contributed by atoms with Crippen molar-refractivity contribution in [2.45, 2.75) is 6.42 Å². The van der Waals surface area contributed by atoms with E-state index in [2.05, 4.69) is 10.6 Å². The molecule has 0 radical (unpaired) electrons. The van der Waals surface area contributed by atoms with Gasteiger partial charge in [-0.25, -0.2) is 0 Å². The summed E-state index contributed by atoms with van der Waals surface area (Å²) in [6.07, 6.45) is 0.482. The predicted molar refractivity (Wildman–Crippen MR) is 65.8 cm³/mol. The van der Waals surface area contributed by atoms with Crippen LogP contribution in [-0.4, -0.2) is 39.3 Å². The van der Waals surface area contributed by atoms with Crippen molar-refractivity contribution in [1.29, 1.82) is 0 Å². The summed E-state index contributed by atoms with van der Waals surface area (Å²) in [7, 11) is 1.67. The van der Waals surface area contributed by atoms with Crippen molar-refractivity contribution in [3.63, 3.8) is 0 Å². The van der Waals surface area contributed by atoms with Gasteiger partial charge in [0, 0.05) is 31.6 Å². The third-order valence-electron chi connectivity index (χ3n) is 2.02. The Morgan fingerprint density at radius 1 is 1.44 bits per heavy atom. The summed E-state index contributed by atoms with van der Waals surface area (Å²) in [4.78, 5) is 12.5. The van der Waals surface area contributed by atoms with Crippen LogP contribution in [0.5, 0.6) is 0 Å². The summed E-state index contributed by atoms with van der Waals surface area (Å²) in [5.74, 6) is 0.0796. The smallest absolute Gasteiger partial charge is 0.225 e. The van der Waals surface area contributed by atoms with Gasteiger partial charge in [0.1, 0.15) is 0 Å². The Bertz CT molecular complexity index is 288. The maximum atomic E-state index is 11.4. The van der Waals surface area contributed by atoms with E-state index in [9.17, 15) is 4.79 Å². The minimum absolute atomic E-state index is 0.0796. The number of thiophene rings is 1. The van der Waals surface area contributed by atoms with Crippen LogP contribution in [0.3, 0.4) is 0 Å². The number of carbonyl (C=O) groups is 1. The molecule has 0 spiro atoms. The Kier molecular flexibility index (Phi) is 6.80. The summed E-state index contributed by atoms with van der Waals surface area (Å²) < 4.78 is 4.89. The fourth-order valence-corrected chi connectivity index (χ4v) is 1.93. The van der Waals surface area contributed by atoms with Gasteiger partial charge in [0.25, 0.3) is 0 Å². The molecule has 1 aromatic rings. The van der Waals surface area contributed by atoms with E-state index < -0.39 is 0 Å². The number of ether oxygens (including phenoxy) is 1. The highest BCUT2D eigenvalue weighted by Gasteiger charge is 2.02. The quantitative estimate of drug-likeness (QED) is 0.658. The van der Waals surface area contributed by atoms with Crippen LogP contribution >= 0.6 is 11.3 Å². The van der Waals surface area contributed by atoms with Gasteiger partial charge in [-0.1, -0.05) is 6.07 Å². The first kappa shape index (κ1) is 13.2. The minimum Gasteiger partial charge on any atom is -0.383 e. The van der Waals surface area contributed by atoms with Gasteiger partial charge in [-0.05, 0) is 11.4 Å². The number of rotatable bonds is 8. The third kappa shape index (κ3) is 5.85. The van der Waals surface area contributed by atoms with E-state index in [1.54, 1.807) is 18.4 Å². The van der Waals surface area contributed by atoms with E-state index in [1.165, 1.54) is 0 Å². The molecule has 2 N–H and O–H groups in total. The van der Waals surface area contributed by atoms with Gasteiger partial charge < -0.3 is 15.4 Å². The van der Waals surface area contributed by atoms with Crippen LogP contribution in [0.15, 0.2) is 17.5 Å². The molecule has 0 saturated carbocycles. The number of amides is 1. The molecule has 0 aliphatic rings. The molecule has 0 unspecified atom stereocenters. The Balaban J connectivity index is 1.98. The number of hydrogen-bond acceptors (Lipinski definition) is 4. The van der Waals surface area contributed by atoms with Gasteiger partial charge in [-0.15, -0.1) is 11.3 Å². The van der Waals surface area contributed by atoms with E-state index in [1.807, 2.05) is 17.5 Å². The molecule has 1 rings (SSSR count). The van der Waals surface area contributed by atoms with Gasteiger partial charge >= 0.3 is 0 Å². The van der Waals surface area contributed by atoms with Crippen molar-refractivity contribution >= 4 is 17.2 Å². The SMILES string of the molecule is COCCNCCNC(=O)Cc1cccs1. The number of methoxy groups -OCH3 is 1. The fourth-order valence-electron chi connectivity index (χ4n) is 1.22. The van der Waals surface area contributed by atoms with E-state index in [-0.39, 0.29) is 5.91 Å². The molecule has 0 aliphatic heterocycles. The van der Waals surface area contributed by atoms with Crippen molar-refractivity contribution in [2.24, 2.45) is 0 Å². The molecular formula is C11H18N2O2S. The lowest BCUT2D eigenvalue weighted by atomic mass is 10.3. The molecule has 0 bridgehead atoms. The fraction of sp³-hybridized carbons (Fsp3) is 0.545. The second kappa shape index (κ2) is 8.27. The zero-order chi connectivity index (χ0) is 11.6. The van der Waals surface area contributed by atoms with Crippen molar-refractivity contribution in [2.75, 3.05) is 33.4 Å². The van der Waals surface area contributed by atoms with E-state index in [4.69, 9.17) is 4.74 Å². The second-order valence-electron chi connectivity index (χ2n) is 3.35. The molecule has 0 saturated heterocycles. The van der Waals surface area contributed by atoms with Crippen LogP contribution in [-0.2, 0) is 16.0 Å². The van der Waals surface area contributed by atoms with Crippen LogP contribution in [0, 0.1) is 0 Å². The Labute approximate surface area is 100 Å². The zero-order valence-corrected chi connectivity index (χ0v) is 10.3. The van der Waals surface area contributed by atoms with Gasteiger partial charge in [-0.2, -0.15) is 0 Å². The molecule has 0 atom stereocenters. The van der Waals surface area contributed by atoms with E-state index in [0.717, 1.165) is 18.0 Å². The molecule has 4 nitrogen and oxygen atoms in total. The predicted octanol–water partition coefficient (Wildman–Crippen LogP) is 0.643. The first-order valence-corrected chi connectivity index (χ1v) is 6.19. The number of nitrogens with one attached hydrogen (secondary N) is 2. The van der Waals surface area contributed by atoms with E-state index in [0.29, 0.717) is 19.6 Å². The van der Waals surface area contributed by atoms with Crippen LogP contribution < -0.4 is 10.6 Å². The minimum atomic E-state index is 0.0796. The summed E-state index contributed by atoms with van der Waals surface area (Å²) in [6, 6.07) is 3.93. The molecule has 90 valence electrons. The van der Waals surface area contributed by atoms with Crippen molar-refractivity contribution < 1.29 is 9.53 Å². The Morgan fingerprint density at radius 2 is 2.31 bits per heavy atom. The second-order valence-corrected chi connectivity index (χ2v) is 4.38. The summed E-state index contributed by atoms with van der Waals surface area (Å²) >= 11 is 1.61. The first-order chi connectivity index (χ1) is 7.83. The van der Waals surface area contributed by atoms with Crippen molar-refractivity contribution in [3.05, 3.63) is 22.4 Å². The van der Waals surface area contributed by atoms with Crippen LogP contribution in [0.1, 0.15) is 4.88 Å². The lowest BCUT2D eigenvalue weighted by molar-refractivity contribution is -0.120. The average molecular weight is 242 g/mol. The molecule has 16 heavy (non-hydrogen) atoms. The van der Waals surface area contributed by atoms with Gasteiger partial charge in [0.15, 0.2) is 0 Å². The molecule has 1 heterocycles. The van der Waals surface area contributed by atoms with Crippen LogP contribution in [0.25, 0.3) is 0 Å². The molecule has 5 heteroatoms. The summed E-state index contributed by atoms with van der Waals surface area (Å²) in [6.45, 7) is 2.95. The third-order valence-corrected chi connectivity index (χ3v) is 2.90. The van der Waals surface area contributed by atoms with Crippen molar-refractivity contribution in [3.8, 4) is 0 Å². The standard InChI is InChI=1S/C11H18N2O2S/c1-15-7-6-12-4-5-13-11(14)9-10-3-2-8-16-10/h2-3,8,12H,4-7,9H2,1H3,(H,13,14). The highest BCUT2D eigenvalue weighted by molar-refractivity contribution is 7.10. The molecule has 0 fully saturated rings. The molecule has 0 aliphatic carbocycles. The Hall–Kier alpha value is -0.910. The first-order valence-electron chi connectivity index (χ1n) is 5.31. The van der Waals surface area contributed by atoms with Gasteiger partial charge in [0.2, 0.25) is 5.91 Å². The largest absolute Gasteiger partial charge is 0.383 e. The molecule has 0 aromatic carbocycles. The maximum Gasteiger partial charge on any atom is 0.225 e. The monoisotopic (exact) mass is 242 g/mol. The molecule has 1 amide bonds. The summed E-state index contributed by atoms with van der Waals surface area (Å²) in [5, 5.41) is 8.01. The molecule has 1 aromatic heterocycles. The van der Waals surface area contributed by atoms with Gasteiger partial charge in [-0.3, -0.25) is 4.79 Å². The summed E-state index contributed by atoms with van der Waals surface area (Å²) in [5.41, 5.74) is 0. The number of carbonyl (C=O) groups excluding carboxylic acids is 1. The Morgan fingerprint density at radius 3 is 3.00 bits per heavy atom. The van der Waals surface area contributed by atoms with Crippen molar-refractivity contribution in [1.82, 2.24) is 10.6 Å². The normalized spacial score (nSPS) is 10.3. The zero-order valence-electron chi connectivity index (χ0n) is 9.49. The average Bonchev–Trinajstić information content (AvgIpc) is 2.76. The lowest BCUT2D eigenvalue weighted by Crippen LogP contribution is -2.33. The maximum absolute atomic E-state index is 11.4. The van der Waals surface area contributed by atoms with Crippen LogP contribution in [0.2, 0.25) is 0 Å². The lowest BCUT2D eigenvalue weighted by Gasteiger charge is -2.05. The number of hydrogen-bond donors (Lipinski definition) is 2. The highest BCUT2D eigenvalue weighted by Crippen LogP contribution is 2.08. The molecular weight excluding hydrogens is 224 g/mol. The van der Waals surface area contributed by atoms with E-state index >= 15 is 0 Å².